The number of benzene rings is 2. The first-order valence-corrected chi connectivity index (χ1v) is 10.8. The Labute approximate surface area is 182 Å². The van der Waals surface area contributed by atoms with Gasteiger partial charge >= 0.3 is 6.03 Å². The molecule has 0 saturated heterocycles. The summed E-state index contributed by atoms with van der Waals surface area (Å²) in [7, 11) is 1.61. The molecular weight excluding hydrogens is 390 g/mol. The Hall–Kier alpha value is -3.28. The highest BCUT2D eigenvalue weighted by atomic mass is 16.5. The molecule has 0 spiro atoms. The zero-order valence-electron chi connectivity index (χ0n) is 18.3. The average molecular weight is 420 g/mol. The summed E-state index contributed by atoms with van der Waals surface area (Å²) in [6.45, 7) is 4.31. The highest BCUT2D eigenvalue weighted by Crippen LogP contribution is 2.27. The van der Waals surface area contributed by atoms with Gasteiger partial charge in [0.15, 0.2) is 0 Å². The molecule has 1 saturated carbocycles. The van der Waals surface area contributed by atoms with Crippen molar-refractivity contribution in [1.82, 2.24) is 9.88 Å². The number of amides is 2. The van der Waals surface area contributed by atoms with Gasteiger partial charge in [-0.25, -0.2) is 4.79 Å². The first-order chi connectivity index (χ1) is 15.0. The van der Waals surface area contributed by atoms with Gasteiger partial charge in [0.2, 0.25) is 0 Å². The number of nitrogens with zero attached hydrogens (tertiary/aromatic N) is 1. The fourth-order valence-corrected chi connectivity index (χ4v) is 4.37. The highest BCUT2D eigenvalue weighted by Gasteiger charge is 2.28. The van der Waals surface area contributed by atoms with Crippen molar-refractivity contribution < 1.29 is 9.53 Å². The van der Waals surface area contributed by atoms with Crippen molar-refractivity contribution in [3.8, 4) is 5.75 Å². The first kappa shape index (κ1) is 21.0. The number of carbonyl (C=O) groups excluding carboxylic acids is 1. The standard InChI is InChI=1S/C25H29N3O3/c1-16-8-9-17(2)23-22(16)14-18(24(29)27-23)15-28(20-6-4-5-7-20)25(30)26-19-10-12-21(31-3)13-11-19/h8-14,20H,4-7,15H2,1-3H3,(H,26,30)(H,27,29). The molecule has 0 unspecified atom stereocenters. The third-order valence-electron chi connectivity index (χ3n) is 6.23. The molecule has 6 nitrogen and oxygen atoms in total. The van der Waals surface area contributed by atoms with Gasteiger partial charge in [-0.05, 0) is 68.1 Å². The van der Waals surface area contributed by atoms with E-state index >= 15 is 0 Å². The molecule has 1 aliphatic carbocycles. The molecule has 31 heavy (non-hydrogen) atoms. The van der Waals surface area contributed by atoms with Crippen LogP contribution in [0, 0.1) is 13.8 Å². The quantitative estimate of drug-likeness (QED) is 0.602. The number of rotatable bonds is 5. The van der Waals surface area contributed by atoms with Crippen molar-refractivity contribution >= 4 is 22.6 Å². The van der Waals surface area contributed by atoms with Crippen LogP contribution in [0.2, 0.25) is 0 Å². The van der Waals surface area contributed by atoms with Crippen LogP contribution in [-0.4, -0.2) is 29.1 Å². The maximum atomic E-state index is 13.2. The minimum atomic E-state index is -0.183. The zero-order chi connectivity index (χ0) is 22.0. The summed E-state index contributed by atoms with van der Waals surface area (Å²) in [6.07, 6.45) is 4.12. The first-order valence-electron chi connectivity index (χ1n) is 10.8. The topological polar surface area (TPSA) is 74.4 Å². The Balaban J connectivity index is 1.64. The zero-order valence-corrected chi connectivity index (χ0v) is 18.3. The van der Waals surface area contributed by atoms with E-state index in [4.69, 9.17) is 4.74 Å². The monoisotopic (exact) mass is 419 g/mol. The summed E-state index contributed by atoms with van der Waals surface area (Å²) >= 11 is 0. The maximum absolute atomic E-state index is 13.2. The van der Waals surface area contributed by atoms with Crippen molar-refractivity contribution in [2.24, 2.45) is 0 Å². The van der Waals surface area contributed by atoms with E-state index in [1.807, 2.05) is 55.1 Å². The lowest BCUT2D eigenvalue weighted by molar-refractivity contribution is 0.184. The van der Waals surface area contributed by atoms with Crippen LogP contribution in [0.25, 0.3) is 10.9 Å². The fourth-order valence-electron chi connectivity index (χ4n) is 4.37. The largest absolute Gasteiger partial charge is 0.497 e. The van der Waals surface area contributed by atoms with Crippen molar-refractivity contribution in [2.45, 2.75) is 52.1 Å². The minimum absolute atomic E-state index is 0.131. The number of methoxy groups -OCH3 is 1. The number of urea groups is 1. The number of H-pyrrole nitrogens is 1. The highest BCUT2D eigenvalue weighted by molar-refractivity contribution is 5.90. The van der Waals surface area contributed by atoms with Gasteiger partial charge in [-0.2, -0.15) is 0 Å². The van der Waals surface area contributed by atoms with Crippen LogP contribution in [-0.2, 0) is 6.54 Å². The summed E-state index contributed by atoms with van der Waals surface area (Å²) in [4.78, 5) is 31.0. The van der Waals surface area contributed by atoms with E-state index in [0.717, 1.165) is 53.5 Å². The number of aromatic amines is 1. The maximum Gasteiger partial charge on any atom is 0.322 e. The van der Waals surface area contributed by atoms with Crippen molar-refractivity contribution in [1.29, 1.82) is 0 Å². The Morgan fingerprint density at radius 2 is 1.77 bits per heavy atom. The predicted octanol–water partition coefficient (Wildman–Crippen LogP) is 5.13. The summed E-state index contributed by atoms with van der Waals surface area (Å²) in [5, 5.41) is 4.01. The van der Waals surface area contributed by atoms with E-state index in [9.17, 15) is 9.59 Å². The number of ether oxygens (including phenoxy) is 1. The Bertz CT molecular complexity index is 1150. The Kier molecular flexibility index (Phi) is 5.98. The molecule has 4 rings (SSSR count). The molecule has 0 bridgehead atoms. The number of hydrogen-bond acceptors (Lipinski definition) is 3. The molecule has 2 amide bonds. The number of hydrogen-bond donors (Lipinski definition) is 2. The van der Waals surface area contributed by atoms with Crippen molar-refractivity contribution in [2.75, 3.05) is 12.4 Å². The molecular formula is C25H29N3O3. The van der Waals surface area contributed by atoms with E-state index in [1.165, 1.54) is 0 Å². The van der Waals surface area contributed by atoms with Gasteiger partial charge in [0.25, 0.3) is 5.56 Å². The van der Waals surface area contributed by atoms with Crippen LogP contribution in [0.4, 0.5) is 10.5 Å². The number of carbonyl (C=O) groups is 1. The van der Waals surface area contributed by atoms with Crippen LogP contribution >= 0.6 is 0 Å². The number of pyridine rings is 1. The molecule has 1 aromatic heterocycles. The van der Waals surface area contributed by atoms with Gasteiger partial charge in [0.1, 0.15) is 5.75 Å². The molecule has 3 aromatic rings. The van der Waals surface area contributed by atoms with E-state index in [0.29, 0.717) is 11.3 Å². The van der Waals surface area contributed by atoms with Gasteiger partial charge in [-0.15, -0.1) is 0 Å². The Morgan fingerprint density at radius 1 is 1.10 bits per heavy atom. The third-order valence-corrected chi connectivity index (χ3v) is 6.23. The van der Waals surface area contributed by atoms with Crippen LogP contribution < -0.4 is 15.6 Å². The van der Waals surface area contributed by atoms with Crippen LogP contribution in [0.15, 0.2) is 47.3 Å². The number of fused-ring (bicyclic) bond motifs is 1. The summed E-state index contributed by atoms with van der Waals surface area (Å²) < 4.78 is 5.19. The molecule has 6 heteroatoms. The molecule has 2 N–H and O–H groups in total. The molecule has 2 aromatic carbocycles. The number of nitrogens with one attached hydrogen (secondary N) is 2. The molecule has 1 fully saturated rings. The minimum Gasteiger partial charge on any atom is -0.497 e. The number of anilines is 1. The molecule has 1 heterocycles. The van der Waals surface area contributed by atoms with Gasteiger partial charge < -0.3 is 19.9 Å². The Morgan fingerprint density at radius 3 is 2.45 bits per heavy atom. The second-order valence-corrected chi connectivity index (χ2v) is 8.34. The normalized spacial score (nSPS) is 14.0. The molecule has 162 valence electrons. The fraction of sp³-hybridized carbons (Fsp3) is 0.360. The summed E-state index contributed by atoms with van der Waals surface area (Å²) in [5.74, 6) is 0.735. The van der Waals surface area contributed by atoms with Gasteiger partial charge in [0.05, 0.1) is 19.2 Å². The summed E-state index contributed by atoms with van der Waals surface area (Å²) in [6, 6.07) is 13.2. The lowest BCUT2D eigenvalue weighted by atomic mass is 10.0. The SMILES string of the molecule is COc1ccc(NC(=O)N(Cc2cc3c(C)ccc(C)c3[nH]c2=O)C2CCCC2)cc1. The molecule has 0 radical (unpaired) electrons. The lowest BCUT2D eigenvalue weighted by Crippen LogP contribution is -2.42. The number of aromatic nitrogens is 1. The van der Waals surface area contributed by atoms with Gasteiger partial charge in [-0.1, -0.05) is 25.0 Å². The van der Waals surface area contributed by atoms with Gasteiger partial charge in [0, 0.05) is 22.7 Å². The van der Waals surface area contributed by atoms with E-state index in [-0.39, 0.29) is 24.2 Å². The average Bonchev–Trinajstić information content (AvgIpc) is 3.30. The molecule has 0 aliphatic heterocycles. The summed E-state index contributed by atoms with van der Waals surface area (Å²) in [5.41, 5.74) is 4.18. The number of aryl methyl sites for hydroxylation is 2. The van der Waals surface area contributed by atoms with Crippen LogP contribution in [0.5, 0.6) is 5.75 Å². The second-order valence-electron chi connectivity index (χ2n) is 8.34. The predicted molar refractivity (Wildman–Crippen MR) is 124 cm³/mol. The van der Waals surface area contributed by atoms with Crippen molar-refractivity contribution in [3.63, 3.8) is 0 Å². The van der Waals surface area contributed by atoms with E-state index in [2.05, 4.69) is 16.4 Å². The third kappa shape index (κ3) is 4.43. The van der Waals surface area contributed by atoms with Crippen LogP contribution in [0.3, 0.4) is 0 Å². The van der Waals surface area contributed by atoms with Crippen molar-refractivity contribution in [3.05, 3.63) is 69.5 Å². The van der Waals surface area contributed by atoms with E-state index < -0.39 is 0 Å². The van der Waals surface area contributed by atoms with Gasteiger partial charge in [-0.3, -0.25) is 4.79 Å². The second kappa shape index (κ2) is 8.84. The molecule has 1 aliphatic rings. The van der Waals surface area contributed by atoms with Crippen LogP contribution in [0.1, 0.15) is 42.4 Å². The lowest BCUT2D eigenvalue weighted by Gasteiger charge is -2.29. The smallest absolute Gasteiger partial charge is 0.322 e. The molecule has 0 atom stereocenters. The van der Waals surface area contributed by atoms with E-state index in [1.54, 1.807) is 7.11 Å².